The minimum atomic E-state index is 0.803. The van der Waals surface area contributed by atoms with Gasteiger partial charge < -0.3 is 4.90 Å². The van der Waals surface area contributed by atoms with E-state index in [1.165, 1.54) is 17.8 Å². The number of rotatable bonds is 6. The average molecular weight is 252 g/mol. The number of aryl methyl sites for hydroxylation is 1. The zero-order chi connectivity index (χ0) is 12.4. The van der Waals surface area contributed by atoms with Gasteiger partial charge >= 0.3 is 0 Å². The molecular formula is C13H20N2OS. The molecule has 0 bridgehead atoms. The fraction of sp³-hybridized carbons (Fsp3) is 0.692. The van der Waals surface area contributed by atoms with Crippen LogP contribution in [0, 0.1) is 11.8 Å². The first-order valence-electron chi connectivity index (χ1n) is 6.31. The van der Waals surface area contributed by atoms with Crippen LogP contribution in [0.15, 0.2) is 0 Å². The summed E-state index contributed by atoms with van der Waals surface area (Å²) < 4.78 is 0. The standard InChI is InChI=1S/C13H20N2OS/c1-4-5-11-12(8-16)17-13(14-11)15(3)7-10-6-9(10)2/h8-10H,4-7H2,1-3H3. The van der Waals surface area contributed by atoms with Gasteiger partial charge in [-0.2, -0.15) is 0 Å². The van der Waals surface area contributed by atoms with Crippen molar-refractivity contribution >= 4 is 22.8 Å². The molecule has 2 atom stereocenters. The second-order valence-corrected chi connectivity index (χ2v) is 6.04. The molecule has 2 rings (SSSR count). The maximum atomic E-state index is 11.0. The Labute approximate surface area is 107 Å². The molecule has 1 aromatic heterocycles. The minimum absolute atomic E-state index is 0.803. The summed E-state index contributed by atoms with van der Waals surface area (Å²) in [6, 6.07) is 0. The fourth-order valence-electron chi connectivity index (χ4n) is 2.11. The van der Waals surface area contributed by atoms with Crippen LogP contribution in [0.4, 0.5) is 5.13 Å². The Bertz CT molecular complexity index is 402. The molecule has 0 N–H and O–H groups in total. The molecule has 3 nitrogen and oxygen atoms in total. The van der Waals surface area contributed by atoms with Gasteiger partial charge in [-0.05, 0) is 24.7 Å². The molecule has 1 aliphatic carbocycles. The SMILES string of the molecule is CCCc1nc(N(C)CC2CC2C)sc1C=O. The van der Waals surface area contributed by atoms with E-state index in [4.69, 9.17) is 0 Å². The van der Waals surface area contributed by atoms with E-state index >= 15 is 0 Å². The van der Waals surface area contributed by atoms with Crippen LogP contribution in [-0.2, 0) is 6.42 Å². The Morgan fingerprint density at radius 3 is 2.82 bits per heavy atom. The number of carbonyl (C=O) groups excluding carboxylic acids is 1. The molecule has 1 aliphatic rings. The highest BCUT2D eigenvalue weighted by Crippen LogP contribution is 2.39. The molecule has 1 aromatic rings. The van der Waals surface area contributed by atoms with Crippen LogP contribution in [0.25, 0.3) is 0 Å². The second kappa shape index (κ2) is 5.17. The van der Waals surface area contributed by atoms with E-state index in [-0.39, 0.29) is 0 Å². The molecule has 4 heteroatoms. The number of anilines is 1. The van der Waals surface area contributed by atoms with Crippen LogP contribution in [0.5, 0.6) is 0 Å². The number of carbonyl (C=O) groups is 1. The summed E-state index contributed by atoms with van der Waals surface area (Å²) in [5, 5.41) is 0.995. The molecule has 1 fully saturated rings. The van der Waals surface area contributed by atoms with Gasteiger partial charge in [0.05, 0.1) is 10.6 Å². The molecule has 1 saturated carbocycles. The normalized spacial score (nSPS) is 22.5. The number of thiazole rings is 1. The van der Waals surface area contributed by atoms with Crippen LogP contribution in [0.1, 0.15) is 42.1 Å². The fourth-order valence-corrected chi connectivity index (χ4v) is 3.00. The van der Waals surface area contributed by atoms with Gasteiger partial charge in [-0.1, -0.05) is 31.6 Å². The van der Waals surface area contributed by atoms with Crippen LogP contribution in [0.2, 0.25) is 0 Å². The van der Waals surface area contributed by atoms with Crippen LogP contribution in [0.3, 0.4) is 0 Å². The van der Waals surface area contributed by atoms with E-state index < -0.39 is 0 Å². The van der Waals surface area contributed by atoms with Crippen molar-refractivity contribution < 1.29 is 4.79 Å². The molecule has 0 amide bonds. The topological polar surface area (TPSA) is 33.2 Å². The van der Waals surface area contributed by atoms with E-state index in [1.54, 1.807) is 0 Å². The Balaban J connectivity index is 2.06. The molecule has 94 valence electrons. The number of hydrogen-bond donors (Lipinski definition) is 0. The highest BCUT2D eigenvalue weighted by molar-refractivity contribution is 7.17. The van der Waals surface area contributed by atoms with Gasteiger partial charge in [0.2, 0.25) is 0 Å². The minimum Gasteiger partial charge on any atom is -0.351 e. The van der Waals surface area contributed by atoms with Crippen LogP contribution >= 0.6 is 11.3 Å². The number of hydrogen-bond acceptors (Lipinski definition) is 4. The summed E-state index contributed by atoms with van der Waals surface area (Å²) in [5.74, 6) is 1.68. The molecule has 17 heavy (non-hydrogen) atoms. The average Bonchev–Trinajstić information content (AvgIpc) is 2.84. The first kappa shape index (κ1) is 12.6. The summed E-state index contributed by atoms with van der Waals surface area (Å²) in [7, 11) is 2.08. The molecular weight excluding hydrogens is 232 g/mol. The largest absolute Gasteiger partial charge is 0.351 e. The van der Waals surface area contributed by atoms with Crippen LogP contribution < -0.4 is 4.90 Å². The quantitative estimate of drug-likeness (QED) is 0.730. The van der Waals surface area contributed by atoms with E-state index in [2.05, 4.69) is 30.8 Å². The van der Waals surface area contributed by atoms with E-state index in [9.17, 15) is 4.79 Å². The lowest BCUT2D eigenvalue weighted by Crippen LogP contribution is -2.20. The monoisotopic (exact) mass is 252 g/mol. The Kier molecular flexibility index (Phi) is 3.82. The van der Waals surface area contributed by atoms with Crippen LogP contribution in [-0.4, -0.2) is 24.9 Å². The van der Waals surface area contributed by atoms with Crippen molar-refractivity contribution in [2.24, 2.45) is 11.8 Å². The molecule has 0 aromatic carbocycles. The van der Waals surface area contributed by atoms with Crippen molar-refractivity contribution in [3.8, 4) is 0 Å². The molecule has 0 radical (unpaired) electrons. The van der Waals surface area contributed by atoms with Crippen molar-refractivity contribution in [3.63, 3.8) is 0 Å². The van der Waals surface area contributed by atoms with E-state index in [0.717, 1.165) is 53.2 Å². The zero-order valence-electron chi connectivity index (χ0n) is 10.8. The third-order valence-electron chi connectivity index (χ3n) is 3.42. The number of nitrogens with zero attached hydrogens (tertiary/aromatic N) is 2. The molecule has 0 aliphatic heterocycles. The van der Waals surface area contributed by atoms with Gasteiger partial charge in [0.25, 0.3) is 0 Å². The molecule has 1 heterocycles. The summed E-state index contributed by atoms with van der Waals surface area (Å²) in [6.07, 6.45) is 4.21. The molecule has 0 saturated heterocycles. The van der Waals surface area contributed by atoms with Gasteiger partial charge in [-0.25, -0.2) is 4.98 Å². The maximum Gasteiger partial charge on any atom is 0.185 e. The second-order valence-electron chi connectivity index (χ2n) is 5.03. The van der Waals surface area contributed by atoms with Gasteiger partial charge in [0.15, 0.2) is 11.4 Å². The Morgan fingerprint density at radius 2 is 2.29 bits per heavy atom. The first-order chi connectivity index (χ1) is 8.15. The predicted octanol–water partition coefficient (Wildman–Crippen LogP) is 3.00. The Morgan fingerprint density at radius 1 is 1.59 bits per heavy atom. The highest BCUT2D eigenvalue weighted by atomic mass is 32.1. The van der Waals surface area contributed by atoms with Gasteiger partial charge in [0.1, 0.15) is 0 Å². The first-order valence-corrected chi connectivity index (χ1v) is 7.13. The highest BCUT2D eigenvalue weighted by Gasteiger charge is 2.33. The third-order valence-corrected chi connectivity index (χ3v) is 4.56. The summed E-state index contributed by atoms with van der Waals surface area (Å²) in [4.78, 5) is 18.6. The lowest BCUT2D eigenvalue weighted by molar-refractivity contribution is 0.112. The van der Waals surface area contributed by atoms with Crippen molar-refractivity contribution in [3.05, 3.63) is 10.6 Å². The zero-order valence-corrected chi connectivity index (χ0v) is 11.6. The lowest BCUT2D eigenvalue weighted by atomic mass is 10.2. The van der Waals surface area contributed by atoms with E-state index in [1.807, 2.05) is 0 Å². The third kappa shape index (κ3) is 2.86. The predicted molar refractivity (Wildman–Crippen MR) is 72.0 cm³/mol. The van der Waals surface area contributed by atoms with Crippen molar-refractivity contribution in [1.82, 2.24) is 4.98 Å². The maximum absolute atomic E-state index is 11.0. The summed E-state index contributed by atoms with van der Waals surface area (Å²) in [5.41, 5.74) is 0.971. The number of aromatic nitrogens is 1. The lowest BCUT2D eigenvalue weighted by Gasteiger charge is -2.14. The van der Waals surface area contributed by atoms with Crippen molar-refractivity contribution in [2.75, 3.05) is 18.5 Å². The van der Waals surface area contributed by atoms with Gasteiger partial charge in [-0.3, -0.25) is 4.79 Å². The number of aldehydes is 1. The van der Waals surface area contributed by atoms with E-state index in [0.29, 0.717) is 0 Å². The molecule has 0 spiro atoms. The van der Waals surface area contributed by atoms with Gasteiger partial charge in [0, 0.05) is 13.6 Å². The summed E-state index contributed by atoms with van der Waals surface area (Å²) >= 11 is 1.53. The Hall–Kier alpha value is -0.900. The smallest absolute Gasteiger partial charge is 0.185 e. The van der Waals surface area contributed by atoms with Gasteiger partial charge in [-0.15, -0.1) is 0 Å². The van der Waals surface area contributed by atoms with Crippen molar-refractivity contribution in [2.45, 2.75) is 33.1 Å². The summed E-state index contributed by atoms with van der Waals surface area (Å²) in [6.45, 7) is 5.47. The van der Waals surface area contributed by atoms with Crippen molar-refractivity contribution in [1.29, 1.82) is 0 Å². The molecule has 2 unspecified atom stereocenters.